The summed E-state index contributed by atoms with van der Waals surface area (Å²) in [4.78, 5) is 12.7. The van der Waals surface area contributed by atoms with Crippen molar-refractivity contribution >= 4 is 40.9 Å². The van der Waals surface area contributed by atoms with Crippen LogP contribution in [0.5, 0.6) is 5.75 Å². The minimum atomic E-state index is -0.506. The van der Waals surface area contributed by atoms with E-state index < -0.39 is 5.91 Å². The molecule has 0 aromatic heterocycles. The lowest BCUT2D eigenvalue weighted by atomic mass is 10.1. The van der Waals surface area contributed by atoms with Gasteiger partial charge in [-0.3, -0.25) is 4.79 Å². The number of benzene rings is 3. The number of nitrogens with one attached hydrogen (secondary N) is 1. The molecule has 0 fully saturated rings. The fourth-order valence-corrected chi connectivity index (χ4v) is 3.27. The van der Waals surface area contributed by atoms with Gasteiger partial charge < -0.3 is 10.1 Å². The van der Waals surface area contributed by atoms with Gasteiger partial charge in [0.1, 0.15) is 24.0 Å². The zero-order chi connectivity index (χ0) is 22.4. The molecule has 0 saturated heterocycles. The van der Waals surface area contributed by atoms with Crippen LogP contribution in [-0.4, -0.2) is 5.91 Å². The Morgan fingerprint density at radius 3 is 2.61 bits per heavy atom. The highest BCUT2D eigenvalue weighted by Crippen LogP contribution is 2.27. The van der Waals surface area contributed by atoms with Gasteiger partial charge in [-0.2, -0.15) is 5.26 Å². The predicted octanol–water partition coefficient (Wildman–Crippen LogP) is 6.73. The summed E-state index contributed by atoms with van der Waals surface area (Å²) in [6, 6.07) is 20.1. The highest BCUT2D eigenvalue weighted by atomic mass is 35.5. The largest absolute Gasteiger partial charge is 0.488 e. The number of anilines is 1. The number of carbonyl (C=O) groups excluding carboxylic acids is 1. The molecule has 0 heterocycles. The molecule has 0 aliphatic carbocycles. The molecule has 3 aromatic carbocycles. The molecular formula is C25H20Cl2N2O2. The zero-order valence-corrected chi connectivity index (χ0v) is 18.6. The van der Waals surface area contributed by atoms with Gasteiger partial charge in [0.05, 0.1) is 0 Å². The Morgan fingerprint density at radius 2 is 1.87 bits per heavy atom. The summed E-state index contributed by atoms with van der Waals surface area (Å²) in [6.07, 6.45) is 1.47. The van der Waals surface area contributed by atoms with Crippen LogP contribution in [0.25, 0.3) is 6.08 Å². The Balaban J connectivity index is 1.86. The van der Waals surface area contributed by atoms with Gasteiger partial charge in [0.15, 0.2) is 0 Å². The van der Waals surface area contributed by atoms with E-state index in [2.05, 4.69) is 5.32 Å². The molecule has 3 rings (SSSR count). The van der Waals surface area contributed by atoms with Crippen molar-refractivity contribution in [2.75, 3.05) is 5.32 Å². The first kappa shape index (κ1) is 22.4. The molecular weight excluding hydrogens is 431 g/mol. The van der Waals surface area contributed by atoms with E-state index in [9.17, 15) is 10.1 Å². The minimum Gasteiger partial charge on any atom is -0.488 e. The van der Waals surface area contributed by atoms with Gasteiger partial charge in [0.25, 0.3) is 5.91 Å². The smallest absolute Gasteiger partial charge is 0.266 e. The summed E-state index contributed by atoms with van der Waals surface area (Å²) < 4.78 is 5.91. The predicted molar refractivity (Wildman–Crippen MR) is 125 cm³/mol. The minimum absolute atomic E-state index is 0.0641. The number of aryl methyl sites for hydroxylation is 2. The van der Waals surface area contributed by atoms with Crippen LogP contribution in [0.3, 0.4) is 0 Å². The average molecular weight is 451 g/mol. The number of hydrogen-bond donors (Lipinski definition) is 1. The van der Waals surface area contributed by atoms with Crippen LogP contribution in [0.1, 0.15) is 22.3 Å². The second-order valence-electron chi connectivity index (χ2n) is 7.00. The van der Waals surface area contributed by atoms with Gasteiger partial charge >= 0.3 is 0 Å². The Hall–Kier alpha value is -3.26. The van der Waals surface area contributed by atoms with Gasteiger partial charge in [-0.25, -0.2) is 0 Å². The van der Waals surface area contributed by atoms with Gasteiger partial charge in [0, 0.05) is 26.9 Å². The second-order valence-corrected chi connectivity index (χ2v) is 7.85. The number of nitriles is 1. The SMILES string of the molecule is Cc1ccc(C)c(NC(=O)/C(C#N)=C/c2cc(Cl)ccc2OCc2ccccc2Cl)c1. The third kappa shape index (κ3) is 5.88. The van der Waals surface area contributed by atoms with Crippen molar-refractivity contribution < 1.29 is 9.53 Å². The fourth-order valence-electron chi connectivity index (χ4n) is 2.90. The number of carbonyl (C=O) groups is 1. The van der Waals surface area contributed by atoms with E-state index >= 15 is 0 Å². The summed E-state index contributed by atoms with van der Waals surface area (Å²) in [5, 5.41) is 13.5. The molecule has 4 nitrogen and oxygen atoms in total. The lowest BCUT2D eigenvalue weighted by molar-refractivity contribution is -0.112. The van der Waals surface area contributed by atoms with Gasteiger partial charge in [-0.1, -0.05) is 53.5 Å². The van der Waals surface area contributed by atoms with E-state index in [1.54, 1.807) is 24.3 Å². The van der Waals surface area contributed by atoms with Crippen molar-refractivity contribution in [1.29, 1.82) is 5.26 Å². The van der Waals surface area contributed by atoms with E-state index in [0.717, 1.165) is 16.7 Å². The third-order valence-corrected chi connectivity index (χ3v) is 5.22. The molecule has 0 spiro atoms. The molecule has 31 heavy (non-hydrogen) atoms. The van der Waals surface area contributed by atoms with Crippen LogP contribution in [0.4, 0.5) is 5.69 Å². The average Bonchev–Trinajstić information content (AvgIpc) is 2.75. The summed E-state index contributed by atoms with van der Waals surface area (Å²) >= 11 is 12.3. The molecule has 0 saturated carbocycles. The van der Waals surface area contributed by atoms with Crippen LogP contribution in [0, 0.1) is 25.2 Å². The van der Waals surface area contributed by atoms with E-state index in [0.29, 0.717) is 27.0 Å². The highest BCUT2D eigenvalue weighted by Gasteiger charge is 2.13. The molecule has 0 aliphatic rings. The first-order valence-corrected chi connectivity index (χ1v) is 10.3. The van der Waals surface area contributed by atoms with Crippen molar-refractivity contribution in [2.24, 2.45) is 0 Å². The first-order valence-electron chi connectivity index (χ1n) is 9.53. The van der Waals surface area contributed by atoms with Crippen LogP contribution in [0.2, 0.25) is 10.0 Å². The molecule has 6 heteroatoms. The standard InChI is InChI=1S/C25H20Cl2N2O2/c1-16-7-8-17(2)23(11-16)29-25(30)20(14-28)12-19-13-21(26)9-10-24(19)31-15-18-5-3-4-6-22(18)27/h3-13H,15H2,1-2H3,(H,29,30)/b20-12+. The molecule has 0 aliphatic heterocycles. The van der Waals surface area contributed by atoms with Crippen LogP contribution in [-0.2, 0) is 11.4 Å². The maximum absolute atomic E-state index is 12.7. The van der Waals surface area contributed by atoms with Gasteiger partial charge in [-0.15, -0.1) is 0 Å². The number of ether oxygens (including phenoxy) is 1. The Bertz CT molecular complexity index is 1200. The fraction of sp³-hybridized carbons (Fsp3) is 0.120. The highest BCUT2D eigenvalue weighted by molar-refractivity contribution is 6.31. The molecule has 0 radical (unpaired) electrons. The maximum atomic E-state index is 12.7. The van der Waals surface area contributed by atoms with Gasteiger partial charge in [-0.05, 0) is 61.4 Å². The lowest BCUT2D eigenvalue weighted by Crippen LogP contribution is -2.14. The summed E-state index contributed by atoms with van der Waals surface area (Å²) in [7, 11) is 0. The van der Waals surface area contributed by atoms with Crippen molar-refractivity contribution in [1.82, 2.24) is 0 Å². The number of nitrogens with zero attached hydrogens (tertiary/aromatic N) is 1. The van der Waals surface area contributed by atoms with E-state index in [4.69, 9.17) is 27.9 Å². The molecule has 0 unspecified atom stereocenters. The topological polar surface area (TPSA) is 62.1 Å². The summed E-state index contributed by atoms with van der Waals surface area (Å²) in [5.74, 6) is -0.0233. The number of amides is 1. The Morgan fingerprint density at radius 1 is 1.10 bits per heavy atom. The summed E-state index contributed by atoms with van der Waals surface area (Å²) in [6.45, 7) is 4.06. The molecule has 1 amide bonds. The van der Waals surface area contributed by atoms with Crippen molar-refractivity contribution in [3.8, 4) is 11.8 Å². The maximum Gasteiger partial charge on any atom is 0.266 e. The normalized spacial score (nSPS) is 11.0. The Labute approximate surface area is 191 Å². The van der Waals surface area contributed by atoms with E-state index in [1.807, 2.05) is 56.3 Å². The number of halogens is 2. The lowest BCUT2D eigenvalue weighted by Gasteiger charge is -2.12. The van der Waals surface area contributed by atoms with E-state index in [1.165, 1.54) is 6.08 Å². The monoisotopic (exact) mass is 450 g/mol. The zero-order valence-electron chi connectivity index (χ0n) is 17.1. The number of rotatable bonds is 6. The van der Waals surface area contributed by atoms with Crippen molar-refractivity contribution in [3.05, 3.63) is 98.5 Å². The van der Waals surface area contributed by atoms with Crippen LogP contribution < -0.4 is 10.1 Å². The molecule has 1 N–H and O–H groups in total. The second kappa shape index (κ2) is 10.2. The molecule has 0 bridgehead atoms. The van der Waals surface area contributed by atoms with Crippen molar-refractivity contribution in [2.45, 2.75) is 20.5 Å². The summed E-state index contributed by atoms with van der Waals surface area (Å²) in [5.41, 5.74) is 3.85. The quantitative estimate of drug-likeness (QED) is 0.334. The number of hydrogen-bond acceptors (Lipinski definition) is 3. The third-order valence-electron chi connectivity index (χ3n) is 4.62. The first-order chi connectivity index (χ1) is 14.9. The molecule has 156 valence electrons. The Kier molecular flexibility index (Phi) is 7.36. The van der Waals surface area contributed by atoms with Gasteiger partial charge in [0.2, 0.25) is 0 Å². The van der Waals surface area contributed by atoms with Crippen LogP contribution >= 0.6 is 23.2 Å². The van der Waals surface area contributed by atoms with E-state index in [-0.39, 0.29) is 12.2 Å². The van der Waals surface area contributed by atoms with Crippen LogP contribution in [0.15, 0.2) is 66.2 Å². The molecule has 0 atom stereocenters. The van der Waals surface area contributed by atoms with Crippen molar-refractivity contribution in [3.63, 3.8) is 0 Å². The molecule has 3 aromatic rings.